The SMILES string of the molecule is C/C(I)=C1\CC[C@@H](C)C1CI. The fourth-order valence-electron chi connectivity index (χ4n) is 1.79. The van der Waals surface area contributed by atoms with E-state index >= 15 is 0 Å². The Morgan fingerprint density at radius 2 is 2.27 bits per heavy atom. The molecule has 0 aliphatic heterocycles. The lowest BCUT2D eigenvalue weighted by molar-refractivity contribution is 0.504. The first-order chi connectivity index (χ1) is 5.16. The van der Waals surface area contributed by atoms with Crippen LogP contribution in [-0.2, 0) is 0 Å². The van der Waals surface area contributed by atoms with E-state index in [0.29, 0.717) is 0 Å². The van der Waals surface area contributed by atoms with Crippen LogP contribution >= 0.6 is 45.2 Å². The number of hydrogen-bond acceptors (Lipinski definition) is 0. The minimum atomic E-state index is 0.882. The van der Waals surface area contributed by atoms with Gasteiger partial charge in [-0.3, -0.25) is 0 Å². The van der Waals surface area contributed by atoms with Gasteiger partial charge in [-0.15, -0.1) is 0 Å². The van der Waals surface area contributed by atoms with Crippen LogP contribution in [0.3, 0.4) is 0 Å². The molecule has 1 aliphatic rings. The molecule has 0 spiro atoms. The van der Waals surface area contributed by atoms with Crippen molar-refractivity contribution in [2.45, 2.75) is 26.7 Å². The van der Waals surface area contributed by atoms with Crippen LogP contribution in [0.15, 0.2) is 9.15 Å². The Balaban J connectivity index is 2.77. The van der Waals surface area contributed by atoms with Crippen LogP contribution in [0.25, 0.3) is 0 Å². The monoisotopic (exact) mass is 376 g/mol. The molecule has 0 nitrogen and oxygen atoms in total. The second-order valence-corrected chi connectivity index (χ2v) is 5.83. The third-order valence-corrected chi connectivity index (χ3v) is 4.25. The Kier molecular flexibility index (Phi) is 4.15. The standard InChI is InChI=1S/C9H14I2/c1-6-3-4-8(7(2)11)9(6)5-10/h6,9H,3-5H2,1-2H3/b8-7-/t6-,9?/m1/s1. The largest absolute Gasteiger partial charge is 0.0857 e. The lowest BCUT2D eigenvalue weighted by atomic mass is 9.97. The van der Waals surface area contributed by atoms with Crippen molar-refractivity contribution < 1.29 is 0 Å². The zero-order valence-electron chi connectivity index (χ0n) is 7.03. The van der Waals surface area contributed by atoms with Gasteiger partial charge in [0.25, 0.3) is 0 Å². The molecular weight excluding hydrogens is 362 g/mol. The zero-order valence-corrected chi connectivity index (χ0v) is 11.3. The summed E-state index contributed by atoms with van der Waals surface area (Å²) in [5.41, 5.74) is 1.73. The Hall–Kier alpha value is 1.20. The molecular formula is C9H14I2. The molecule has 0 aromatic carbocycles. The average Bonchev–Trinajstić information content (AvgIpc) is 2.30. The normalized spacial score (nSPS) is 36.0. The molecule has 1 saturated carbocycles. The van der Waals surface area contributed by atoms with Crippen molar-refractivity contribution in [3.8, 4) is 0 Å². The Morgan fingerprint density at radius 1 is 1.64 bits per heavy atom. The predicted octanol–water partition coefficient (Wildman–Crippen LogP) is 4.18. The van der Waals surface area contributed by atoms with Crippen LogP contribution in [0.5, 0.6) is 0 Å². The van der Waals surface area contributed by atoms with Crippen molar-refractivity contribution in [1.82, 2.24) is 0 Å². The van der Waals surface area contributed by atoms with Crippen molar-refractivity contribution in [2.24, 2.45) is 11.8 Å². The maximum absolute atomic E-state index is 2.52. The van der Waals surface area contributed by atoms with Gasteiger partial charge in [0.15, 0.2) is 0 Å². The molecule has 11 heavy (non-hydrogen) atoms. The molecule has 2 heteroatoms. The van der Waals surface area contributed by atoms with Gasteiger partial charge in [0.1, 0.15) is 0 Å². The van der Waals surface area contributed by atoms with Crippen LogP contribution in [0.2, 0.25) is 0 Å². The topological polar surface area (TPSA) is 0 Å². The van der Waals surface area contributed by atoms with Gasteiger partial charge in [-0.05, 0) is 57.8 Å². The molecule has 64 valence electrons. The molecule has 0 saturated heterocycles. The van der Waals surface area contributed by atoms with Crippen molar-refractivity contribution >= 4 is 45.2 Å². The van der Waals surface area contributed by atoms with E-state index in [1.165, 1.54) is 20.8 Å². The van der Waals surface area contributed by atoms with E-state index in [2.05, 4.69) is 59.0 Å². The minimum Gasteiger partial charge on any atom is -0.0857 e. The van der Waals surface area contributed by atoms with Gasteiger partial charge < -0.3 is 0 Å². The second kappa shape index (κ2) is 4.44. The quantitative estimate of drug-likeness (QED) is 0.476. The summed E-state index contributed by atoms with van der Waals surface area (Å²) in [5.74, 6) is 1.80. The Labute approximate surface area is 96.5 Å². The van der Waals surface area contributed by atoms with E-state index in [1.807, 2.05) is 0 Å². The van der Waals surface area contributed by atoms with Crippen molar-refractivity contribution in [3.63, 3.8) is 0 Å². The molecule has 0 bridgehead atoms. The van der Waals surface area contributed by atoms with E-state index in [9.17, 15) is 0 Å². The van der Waals surface area contributed by atoms with Crippen LogP contribution < -0.4 is 0 Å². The first kappa shape index (κ1) is 10.3. The number of halogens is 2. The lowest BCUT2D eigenvalue weighted by Gasteiger charge is -2.14. The molecule has 0 amide bonds. The summed E-state index contributed by atoms with van der Waals surface area (Å²) in [6.07, 6.45) is 2.76. The van der Waals surface area contributed by atoms with Crippen LogP contribution in [0, 0.1) is 11.8 Å². The predicted molar refractivity (Wildman–Crippen MR) is 67.5 cm³/mol. The highest BCUT2D eigenvalue weighted by Gasteiger charge is 2.27. The van der Waals surface area contributed by atoms with Crippen LogP contribution in [0.4, 0.5) is 0 Å². The summed E-state index contributed by atoms with van der Waals surface area (Å²) in [4.78, 5) is 0. The maximum Gasteiger partial charge on any atom is 0.00639 e. The summed E-state index contributed by atoms with van der Waals surface area (Å²) >= 11 is 4.99. The zero-order chi connectivity index (χ0) is 8.43. The molecule has 1 fully saturated rings. The van der Waals surface area contributed by atoms with E-state index < -0.39 is 0 Å². The highest BCUT2D eigenvalue weighted by Crippen LogP contribution is 2.40. The van der Waals surface area contributed by atoms with Gasteiger partial charge in [-0.2, -0.15) is 0 Å². The third kappa shape index (κ3) is 2.32. The summed E-state index contributed by atoms with van der Waals surface area (Å²) in [7, 11) is 0. The second-order valence-electron chi connectivity index (χ2n) is 3.34. The lowest BCUT2D eigenvalue weighted by Crippen LogP contribution is -2.07. The minimum absolute atomic E-state index is 0.882. The van der Waals surface area contributed by atoms with Crippen LogP contribution in [-0.4, -0.2) is 4.43 Å². The average molecular weight is 376 g/mol. The first-order valence-corrected chi connectivity index (χ1v) is 6.68. The Bertz CT molecular complexity index is 168. The third-order valence-electron chi connectivity index (χ3n) is 2.61. The van der Waals surface area contributed by atoms with Gasteiger partial charge >= 0.3 is 0 Å². The maximum atomic E-state index is 2.52. The summed E-state index contributed by atoms with van der Waals surface area (Å²) in [6.45, 7) is 4.63. The fourth-order valence-corrected chi connectivity index (χ4v) is 3.86. The smallest absolute Gasteiger partial charge is 0.00639 e. The van der Waals surface area contributed by atoms with Gasteiger partial charge in [0.2, 0.25) is 0 Å². The molecule has 0 aromatic heterocycles. The van der Waals surface area contributed by atoms with Gasteiger partial charge in [-0.25, -0.2) is 0 Å². The highest BCUT2D eigenvalue weighted by atomic mass is 127. The Morgan fingerprint density at radius 3 is 2.64 bits per heavy atom. The van der Waals surface area contributed by atoms with E-state index in [1.54, 1.807) is 5.57 Å². The summed E-state index contributed by atoms with van der Waals surface area (Å²) in [5, 5.41) is 0. The molecule has 1 unspecified atom stereocenters. The van der Waals surface area contributed by atoms with Crippen molar-refractivity contribution in [3.05, 3.63) is 9.15 Å². The summed E-state index contributed by atoms with van der Waals surface area (Å²) < 4.78 is 2.84. The fraction of sp³-hybridized carbons (Fsp3) is 0.778. The van der Waals surface area contributed by atoms with Crippen LogP contribution in [0.1, 0.15) is 26.7 Å². The number of allylic oxidation sites excluding steroid dienone is 2. The number of rotatable bonds is 1. The van der Waals surface area contributed by atoms with E-state index in [0.717, 1.165) is 11.8 Å². The van der Waals surface area contributed by atoms with Crippen molar-refractivity contribution in [2.75, 3.05) is 4.43 Å². The van der Waals surface area contributed by atoms with Crippen molar-refractivity contribution in [1.29, 1.82) is 0 Å². The molecule has 0 heterocycles. The van der Waals surface area contributed by atoms with E-state index in [-0.39, 0.29) is 0 Å². The molecule has 0 N–H and O–H groups in total. The first-order valence-electron chi connectivity index (χ1n) is 4.08. The van der Waals surface area contributed by atoms with Gasteiger partial charge in [0.05, 0.1) is 0 Å². The number of alkyl halides is 1. The molecule has 1 rings (SSSR count). The number of hydrogen-bond donors (Lipinski definition) is 0. The molecule has 2 atom stereocenters. The summed E-state index contributed by atoms with van der Waals surface area (Å²) in [6, 6.07) is 0. The highest BCUT2D eigenvalue weighted by molar-refractivity contribution is 14.1. The van der Waals surface area contributed by atoms with E-state index in [4.69, 9.17) is 0 Å². The van der Waals surface area contributed by atoms with Gasteiger partial charge in [-0.1, -0.05) is 35.1 Å². The molecule has 1 aliphatic carbocycles. The van der Waals surface area contributed by atoms with Gasteiger partial charge in [0, 0.05) is 4.43 Å². The molecule has 0 aromatic rings. The molecule has 0 radical (unpaired) electrons.